The molecule has 1 heterocycles. The van der Waals surface area contributed by atoms with Gasteiger partial charge in [0.05, 0.1) is 28.7 Å². The van der Waals surface area contributed by atoms with E-state index in [4.69, 9.17) is 4.74 Å². The molecule has 21 heavy (non-hydrogen) atoms. The van der Waals surface area contributed by atoms with E-state index >= 15 is 0 Å². The van der Waals surface area contributed by atoms with Crippen LogP contribution < -0.4 is 4.74 Å². The van der Waals surface area contributed by atoms with Crippen LogP contribution in [0.2, 0.25) is 0 Å². The van der Waals surface area contributed by atoms with Gasteiger partial charge in [-0.1, -0.05) is 6.07 Å². The molecule has 0 radical (unpaired) electrons. The summed E-state index contributed by atoms with van der Waals surface area (Å²) in [7, 11) is -0.518. The van der Waals surface area contributed by atoms with Gasteiger partial charge in [0.1, 0.15) is 5.75 Å². The molecular formula is C14H15BrN2O3S. The molecule has 0 saturated heterocycles. The van der Waals surface area contributed by atoms with E-state index in [0.717, 1.165) is 0 Å². The van der Waals surface area contributed by atoms with Crippen LogP contribution in [0.1, 0.15) is 5.69 Å². The Kier molecular flexibility index (Phi) is 4.97. The first kappa shape index (κ1) is 15.9. The van der Waals surface area contributed by atoms with Gasteiger partial charge in [0.25, 0.3) is 0 Å². The van der Waals surface area contributed by atoms with Gasteiger partial charge in [0.2, 0.25) is 10.0 Å². The van der Waals surface area contributed by atoms with Gasteiger partial charge in [-0.15, -0.1) is 0 Å². The molecule has 0 bridgehead atoms. The number of hydrogen-bond donors (Lipinski definition) is 0. The molecule has 0 atom stereocenters. The van der Waals surface area contributed by atoms with Crippen LogP contribution in [0.4, 0.5) is 0 Å². The first-order chi connectivity index (χ1) is 9.95. The second-order valence-corrected chi connectivity index (χ2v) is 7.28. The summed E-state index contributed by atoms with van der Waals surface area (Å²) < 4.78 is 32.0. The number of pyridine rings is 1. The molecule has 0 N–H and O–H groups in total. The minimum atomic E-state index is -3.58. The van der Waals surface area contributed by atoms with E-state index in [0.29, 0.717) is 15.9 Å². The van der Waals surface area contributed by atoms with Crippen LogP contribution in [0, 0.1) is 0 Å². The summed E-state index contributed by atoms with van der Waals surface area (Å²) in [6, 6.07) is 10.1. The maximum atomic E-state index is 12.5. The van der Waals surface area contributed by atoms with E-state index in [1.807, 2.05) is 6.07 Å². The van der Waals surface area contributed by atoms with Crippen LogP contribution in [-0.2, 0) is 16.6 Å². The van der Waals surface area contributed by atoms with Crippen molar-refractivity contribution in [2.45, 2.75) is 11.4 Å². The topological polar surface area (TPSA) is 59.5 Å². The minimum Gasteiger partial charge on any atom is -0.496 e. The molecule has 0 aliphatic carbocycles. The first-order valence-corrected chi connectivity index (χ1v) is 8.38. The van der Waals surface area contributed by atoms with E-state index in [1.54, 1.807) is 24.4 Å². The Morgan fingerprint density at radius 3 is 2.62 bits per heavy atom. The van der Waals surface area contributed by atoms with Crippen molar-refractivity contribution in [3.8, 4) is 5.75 Å². The Morgan fingerprint density at radius 1 is 1.29 bits per heavy atom. The number of nitrogens with zero attached hydrogens (tertiary/aromatic N) is 2. The summed E-state index contributed by atoms with van der Waals surface area (Å²) in [5.41, 5.74) is 0.691. The number of ether oxygens (including phenoxy) is 1. The van der Waals surface area contributed by atoms with Gasteiger partial charge in [-0.3, -0.25) is 4.98 Å². The fourth-order valence-electron chi connectivity index (χ4n) is 1.79. The van der Waals surface area contributed by atoms with Gasteiger partial charge in [-0.05, 0) is 46.3 Å². The predicted octanol–water partition coefficient (Wildman–Crippen LogP) is 2.67. The molecule has 0 amide bonds. The Balaban J connectivity index is 2.27. The second kappa shape index (κ2) is 6.55. The lowest BCUT2D eigenvalue weighted by Crippen LogP contribution is -2.26. The van der Waals surface area contributed by atoms with Gasteiger partial charge < -0.3 is 4.74 Å². The average molecular weight is 371 g/mol. The van der Waals surface area contributed by atoms with E-state index in [-0.39, 0.29) is 11.4 Å². The SMILES string of the molecule is COc1ccc(S(=O)(=O)N(C)Cc2ccccn2)cc1Br. The van der Waals surface area contributed by atoms with Crippen LogP contribution in [0.25, 0.3) is 0 Å². The molecule has 0 saturated carbocycles. The summed E-state index contributed by atoms with van der Waals surface area (Å²) >= 11 is 3.30. The van der Waals surface area contributed by atoms with Crippen molar-refractivity contribution in [2.75, 3.05) is 14.2 Å². The maximum Gasteiger partial charge on any atom is 0.243 e. The highest BCUT2D eigenvalue weighted by molar-refractivity contribution is 9.10. The van der Waals surface area contributed by atoms with Crippen LogP contribution in [-0.4, -0.2) is 31.9 Å². The van der Waals surface area contributed by atoms with Crippen molar-refractivity contribution >= 4 is 26.0 Å². The van der Waals surface area contributed by atoms with Crippen molar-refractivity contribution in [1.29, 1.82) is 0 Å². The summed E-state index contributed by atoms with van der Waals surface area (Å²) in [5.74, 6) is 0.585. The predicted molar refractivity (Wildman–Crippen MR) is 83.6 cm³/mol. The van der Waals surface area contributed by atoms with Crippen LogP contribution in [0.3, 0.4) is 0 Å². The highest BCUT2D eigenvalue weighted by Gasteiger charge is 2.22. The van der Waals surface area contributed by atoms with Crippen molar-refractivity contribution < 1.29 is 13.2 Å². The molecule has 112 valence electrons. The zero-order valence-corrected chi connectivity index (χ0v) is 14.1. The lowest BCUT2D eigenvalue weighted by molar-refractivity contribution is 0.411. The molecule has 0 spiro atoms. The van der Waals surface area contributed by atoms with Gasteiger partial charge >= 0.3 is 0 Å². The smallest absolute Gasteiger partial charge is 0.243 e. The maximum absolute atomic E-state index is 12.5. The van der Waals surface area contributed by atoms with Crippen molar-refractivity contribution in [3.63, 3.8) is 0 Å². The molecule has 5 nitrogen and oxygen atoms in total. The summed E-state index contributed by atoms with van der Waals surface area (Å²) in [6.45, 7) is 0.215. The molecule has 7 heteroatoms. The third-order valence-corrected chi connectivity index (χ3v) is 5.36. The molecule has 1 aromatic carbocycles. The average Bonchev–Trinajstić information content (AvgIpc) is 2.48. The van der Waals surface area contributed by atoms with Gasteiger partial charge in [0.15, 0.2) is 0 Å². The molecular weight excluding hydrogens is 356 g/mol. The van der Waals surface area contributed by atoms with E-state index in [9.17, 15) is 8.42 Å². The van der Waals surface area contributed by atoms with Gasteiger partial charge in [-0.25, -0.2) is 8.42 Å². The van der Waals surface area contributed by atoms with Crippen LogP contribution >= 0.6 is 15.9 Å². The van der Waals surface area contributed by atoms with E-state index in [2.05, 4.69) is 20.9 Å². The number of halogens is 1. The van der Waals surface area contributed by atoms with Crippen molar-refractivity contribution in [3.05, 3.63) is 52.8 Å². The Morgan fingerprint density at radius 2 is 2.05 bits per heavy atom. The lowest BCUT2D eigenvalue weighted by atomic mass is 10.3. The van der Waals surface area contributed by atoms with Gasteiger partial charge in [0, 0.05) is 13.2 Å². The molecule has 0 fully saturated rings. The summed E-state index contributed by atoms with van der Waals surface area (Å²) in [6.07, 6.45) is 1.64. The zero-order valence-electron chi connectivity index (χ0n) is 11.7. The molecule has 0 aliphatic rings. The number of rotatable bonds is 5. The fourth-order valence-corrected chi connectivity index (χ4v) is 3.65. The van der Waals surface area contributed by atoms with E-state index in [1.165, 1.54) is 30.6 Å². The Bertz CT molecular complexity index is 720. The number of hydrogen-bond acceptors (Lipinski definition) is 4. The second-order valence-electron chi connectivity index (χ2n) is 4.38. The Labute approximate surface area is 132 Å². The number of benzene rings is 1. The van der Waals surface area contributed by atoms with Crippen LogP contribution in [0.5, 0.6) is 5.75 Å². The summed E-state index contributed by atoms with van der Waals surface area (Å²) in [4.78, 5) is 4.34. The minimum absolute atomic E-state index is 0.202. The fraction of sp³-hybridized carbons (Fsp3) is 0.214. The molecule has 0 aliphatic heterocycles. The number of sulfonamides is 1. The quantitative estimate of drug-likeness (QED) is 0.811. The van der Waals surface area contributed by atoms with Crippen molar-refractivity contribution in [2.24, 2.45) is 0 Å². The normalized spacial score (nSPS) is 11.6. The molecule has 0 unspecified atom stereocenters. The standard InChI is InChI=1S/C14H15BrN2O3S/c1-17(10-11-5-3-4-8-16-11)21(18,19)12-6-7-14(20-2)13(15)9-12/h3-9H,10H2,1-2H3. The third-order valence-electron chi connectivity index (χ3n) is 2.94. The molecule has 1 aromatic heterocycles. The third kappa shape index (κ3) is 3.61. The molecule has 2 rings (SSSR count). The lowest BCUT2D eigenvalue weighted by Gasteiger charge is -2.17. The molecule has 2 aromatic rings. The summed E-state index contributed by atoms with van der Waals surface area (Å²) in [5, 5.41) is 0. The monoisotopic (exact) mass is 370 g/mol. The van der Waals surface area contributed by atoms with E-state index < -0.39 is 10.0 Å². The number of methoxy groups -OCH3 is 1. The number of aromatic nitrogens is 1. The zero-order chi connectivity index (χ0) is 15.5. The Hall–Kier alpha value is -1.44. The van der Waals surface area contributed by atoms with Gasteiger partial charge in [-0.2, -0.15) is 4.31 Å². The largest absolute Gasteiger partial charge is 0.496 e. The highest BCUT2D eigenvalue weighted by atomic mass is 79.9. The highest BCUT2D eigenvalue weighted by Crippen LogP contribution is 2.28. The van der Waals surface area contributed by atoms with Crippen molar-refractivity contribution in [1.82, 2.24) is 9.29 Å². The van der Waals surface area contributed by atoms with Crippen LogP contribution in [0.15, 0.2) is 52.0 Å². The first-order valence-electron chi connectivity index (χ1n) is 6.15.